The Labute approximate surface area is 637 Å². The number of ether oxygens (including phenoxy) is 4. The van der Waals surface area contributed by atoms with E-state index < -0.39 is 55.2 Å². The largest absolute Gasteiger partial charge is 0.505 e. The zero-order valence-corrected chi connectivity index (χ0v) is 63.9. The number of carbonyl (C=O) groups excluding carboxylic acids is 3. The van der Waals surface area contributed by atoms with Gasteiger partial charge in [-0.3, -0.25) is 42.3 Å². The van der Waals surface area contributed by atoms with Crippen LogP contribution in [0, 0.1) is 17.5 Å². The van der Waals surface area contributed by atoms with E-state index in [2.05, 4.69) is 20.3 Å². The van der Waals surface area contributed by atoms with Gasteiger partial charge in [0.15, 0.2) is 17.2 Å². The topological polar surface area (TPSA) is 278 Å². The Morgan fingerprint density at radius 1 is 0.450 bits per heavy atom. The Hall–Kier alpha value is -11.7. The molecule has 3 aliphatic heterocycles. The van der Waals surface area contributed by atoms with Crippen LogP contribution in [-0.2, 0) is 82.2 Å². The van der Waals surface area contributed by atoms with Crippen molar-refractivity contribution in [2.24, 2.45) is 0 Å². The van der Waals surface area contributed by atoms with Crippen LogP contribution in [0.3, 0.4) is 0 Å². The van der Waals surface area contributed by atoms with E-state index in [1.165, 1.54) is 77.8 Å². The molecule has 0 aliphatic carbocycles. The molecule has 0 radical (unpaired) electrons. The lowest BCUT2D eigenvalue weighted by Gasteiger charge is -2.24. The van der Waals surface area contributed by atoms with E-state index in [9.17, 15) is 66.7 Å². The molecule has 11 aromatic rings. The summed E-state index contributed by atoms with van der Waals surface area (Å²) in [5, 5.41) is 15.0. The van der Waals surface area contributed by atoms with Gasteiger partial charge in [-0.1, -0.05) is 60.7 Å². The summed E-state index contributed by atoms with van der Waals surface area (Å²) in [6.45, 7) is -1.43. The third kappa shape index (κ3) is 16.9. The SMILES string of the molecule is CN(c1c2c(c(O)c3ncc(Cc4ccc(F)cc4)cc13)C(=O)N(CCF)C2)S(C)(=O)=O.COc1ccc(COc2c3c(c(N(C)S(C)(=O)=O)c4cc(Cc5ccc(F)cc5)cnc24)CN(CCF)C3=O)cc1.COc1ccc(COc2c3c(c(N(C)S(C)(=O)=O)c4cc(Cc5ccc(F)cc5)cnc24)CNC3=O)cc1. The molecule has 6 heterocycles. The van der Waals surface area contributed by atoms with Crippen molar-refractivity contribution in [2.45, 2.75) is 52.1 Å². The number of methoxy groups -OCH3 is 2. The lowest BCUT2D eigenvalue weighted by atomic mass is 9.98. The Balaban J connectivity index is 0.000000156. The molecule has 2 N–H and O–H groups in total. The van der Waals surface area contributed by atoms with Crippen LogP contribution in [0.25, 0.3) is 32.7 Å². The van der Waals surface area contributed by atoms with Crippen molar-refractivity contribution >= 4 is 97.6 Å². The molecule has 3 aliphatic rings. The fourth-order valence-electron chi connectivity index (χ4n) is 13.5. The van der Waals surface area contributed by atoms with Gasteiger partial charge in [0, 0.05) is 105 Å². The third-order valence-corrected chi connectivity index (χ3v) is 22.8. The Kier molecular flexibility index (Phi) is 23.1. The van der Waals surface area contributed by atoms with Gasteiger partial charge in [0.25, 0.3) is 17.7 Å². The van der Waals surface area contributed by atoms with Gasteiger partial charge in [0.05, 0.1) is 66.7 Å². The van der Waals surface area contributed by atoms with Gasteiger partial charge < -0.3 is 39.2 Å². The van der Waals surface area contributed by atoms with Gasteiger partial charge in [-0.2, -0.15) is 0 Å². The highest BCUT2D eigenvalue weighted by atomic mass is 32.2. The minimum absolute atomic E-state index is 0.0182. The first-order valence-corrected chi connectivity index (χ1v) is 40.1. The van der Waals surface area contributed by atoms with Crippen LogP contribution >= 0.6 is 0 Å². The minimum Gasteiger partial charge on any atom is -0.505 e. The fraction of sp³-hybridized carbons (Fsp3) is 0.250. The molecule has 31 heteroatoms. The number of fused-ring (bicyclic) bond motifs is 6. The van der Waals surface area contributed by atoms with Crippen molar-refractivity contribution in [1.82, 2.24) is 30.1 Å². The first-order chi connectivity index (χ1) is 52.9. The van der Waals surface area contributed by atoms with E-state index in [4.69, 9.17) is 18.9 Å². The number of nitrogens with zero attached hydrogens (tertiary/aromatic N) is 8. The summed E-state index contributed by atoms with van der Waals surface area (Å²) in [5.41, 5.74) is 9.74. The van der Waals surface area contributed by atoms with Gasteiger partial charge in [0.2, 0.25) is 30.1 Å². The van der Waals surface area contributed by atoms with E-state index in [0.29, 0.717) is 91.6 Å². The minimum atomic E-state index is -3.76. The predicted octanol–water partition coefficient (Wildman–Crippen LogP) is 12.1. The number of anilines is 3. The zero-order chi connectivity index (χ0) is 79.5. The molecule has 578 valence electrons. The van der Waals surface area contributed by atoms with E-state index in [0.717, 1.165) is 66.3 Å². The maximum atomic E-state index is 13.5. The number of aromatic nitrogens is 3. The monoisotopic (exact) mass is 1580 g/mol. The Bertz CT molecular complexity index is 5800. The van der Waals surface area contributed by atoms with E-state index >= 15 is 0 Å². The molecule has 0 fully saturated rings. The second-order valence-electron chi connectivity index (χ2n) is 26.7. The van der Waals surface area contributed by atoms with Crippen LogP contribution in [0.4, 0.5) is 39.0 Å². The highest BCUT2D eigenvalue weighted by molar-refractivity contribution is 7.92. The van der Waals surface area contributed by atoms with Crippen molar-refractivity contribution in [3.8, 4) is 28.7 Å². The summed E-state index contributed by atoms with van der Waals surface area (Å²) in [4.78, 5) is 55.5. The standard InChI is InChI=1S/C30H29F2N3O5S.C28H26FN3O5S.C22H21F2N3O4S/c1-34(41(3,37)38)28-24-15-21(14-19-4-8-22(32)9-5-19)16-33-27(24)29(26-25(28)17-35(13-12-31)30(26)36)40-18-20-6-10-23(39-2)11-7-20;1-32(38(3,34)35)26-22-13-19(12-17-4-8-20(29)9-5-17)14-30-25(22)27(24-23(26)15-31-28(24)33)37-16-18-6-10-21(36-2)11-7-18;1-26(32(2,30)31)20-16-10-14(9-13-3-5-15(24)6-4-13)11-25-19(16)21(28)18-17(20)12-27(8-7-23)22(18)29/h4-11,15-16H,12-14,17-18H2,1-3H3;4-11,13-14H,12,15-16H2,1-3H3,(H,31,33);3-6,10-11,28H,7-9,12H2,1-2H3. The Morgan fingerprint density at radius 3 is 1.14 bits per heavy atom. The second kappa shape index (κ2) is 32.5. The lowest BCUT2D eigenvalue weighted by molar-refractivity contribution is 0.0758. The van der Waals surface area contributed by atoms with Gasteiger partial charge in [-0.15, -0.1) is 0 Å². The van der Waals surface area contributed by atoms with Crippen LogP contribution in [0.15, 0.2) is 158 Å². The fourth-order valence-corrected chi connectivity index (χ4v) is 15.1. The summed E-state index contributed by atoms with van der Waals surface area (Å²) in [6.07, 6.45) is 9.29. The quantitative estimate of drug-likeness (QED) is 0.0532. The highest BCUT2D eigenvalue weighted by Crippen LogP contribution is 2.48. The van der Waals surface area contributed by atoms with Crippen molar-refractivity contribution in [3.63, 3.8) is 0 Å². The Morgan fingerprint density at radius 2 is 0.775 bits per heavy atom. The smallest absolute Gasteiger partial charge is 0.258 e. The average molecular weight is 1580 g/mol. The molecule has 23 nitrogen and oxygen atoms in total. The molecule has 8 aromatic carbocycles. The van der Waals surface area contributed by atoms with E-state index in [1.807, 2.05) is 48.5 Å². The summed E-state index contributed by atoms with van der Waals surface area (Å²) < 4.78 is 168. The number of carbonyl (C=O) groups is 3. The molecule has 0 bridgehead atoms. The maximum Gasteiger partial charge on any atom is 0.258 e. The number of phenolic OH excluding ortho intramolecular Hbond substituents is 1. The van der Waals surface area contributed by atoms with Crippen LogP contribution in [0.2, 0.25) is 0 Å². The number of alkyl halides is 2. The third-order valence-electron chi connectivity index (χ3n) is 19.3. The van der Waals surface area contributed by atoms with Crippen LogP contribution in [0.5, 0.6) is 28.7 Å². The van der Waals surface area contributed by atoms with Crippen LogP contribution in [0.1, 0.15) is 92.3 Å². The lowest BCUT2D eigenvalue weighted by Crippen LogP contribution is -2.27. The molecular formula is C80H76F5N9O14S3. The summed E-state index contributed by atoms with van der Waals surface area (Å²) in [5.74, 6) is -0.882. The number of phenols is 1. The molecule has 0 unspecified atom stereocenters. The number of pyridine rings is 3. The van der Waals surface area contributed by atoms with Crippen LogP contribution < -0.4 is 37.2 Å². The number of benzene rings is 8. The normalized spacial score (nSPS) is 13.1. The number of rotatable bonds is 24. The molecule has 0 saturated heterocycles. The molecule has 3 amide bonds. The molecular weight excluding hydrogens is 1500 g/mol. The summed E-state index contributed by atoms with van der Waals surface area (Å²) in [7, 11) is -3.77. The number of aromatic hydroxyl groups is 1. The van der Waals surface area contributed by atoms with E-state index in [-0.39, 0.29) is 114 Å². The highest BCUT2D eigenvalue weighted by Gasteiger charge is 2.40. The summed E-state index contributed by atoms with van der Waals surface area (Å²) >= 11 is 0. The number of hydrogen-bond acceptors (Lipinski definition) is 17. The van der Waals surface area contributed by atoms with Crippen molar-refractivity contribution in [3.05, 3.63) is 253 Å². The molecule has 0 spiro atoms. The zero-order valence-electron chi connectivity index (χ0n) is 61.4. The number of sulfonamides is 3. The first kappa shape index (κ1) is 78.9. The van der Waals surface area contributed by atoms with Crippen molar-refractivity contribution < 1.29 is 85.6 Å². The summed E-state index contributed by atoms with van der Waals surface area (Å²) in [6, 6.07) is 38.2. The second-order valence-corrected chi connectivity index (χ2v) is 32.8. The number of hydrogen-bond donors (Lipinski definition) is 2. The molecule has 0 atom stereocenters. The van der Waals surface area contributed by atoms with Gasteiger partial charge in [-0.05, 0) is 143 Å². The molecule has 0 saturated carbocycles. The predicted molar refractivity (Wildman–Crippen MR) is 412 cm³/mol. The first-order valence-electron chi connectivity index (χ1n) is 34.5. The number of amides is 3. The van der Waals surface area contributed by atoms with Crippen molar-refractivity contribution in [1.29, 1.82) is 0 Å². The molecule has 14 rings (SSSR count). The van der Waals surface area contributed by atoms with E-state index in [1.54, 1.807) is 81.2 Å². The van der Waals surface area contributed by atoms with Gasteiger partial charge in [0.1, 0.15) is 72.1 Å². The number of nitrogens with one attached hydrogen (secondary N) is 1. The molecule has 3 aromatic heterocycles. The van der Waals surface area contributed by atoms with Gasteiger partial charge in [-0.25, -0.2) is 47.2 Å². The number of halogens is 5. The molecule has 111 heavy (non-hydrogen) atoms. The maximum absolute atomic E-state index is 13.5. The van der Waals surface area contributed by atoms with Crippen LogP contribution in [-0.4, -0.2) is 153 Å². The van der Waals surface area contributed by atoms with Crippen molar-refractivity contribution in [2.75, 3.05) is 93.5 Å². The van der Waals surface area contributed by atoms with Gasteiger partial charge >= 0.3 is 0 Å². The average Bonchev–Trinajstić information content (AvgIpc) is 1.65.